The minimum atomic E-state index is -0.551. The van der Waals surface area contributed by atoms with E-state index in [1.807, 2.05) is 13.1 Å². The van der Waals surface area contributed by atoms with Gasteiger partial charge in [-0.1, -0.05) is 12.1 Å². The lowest BCUT2D eigenvalue weighted by molar-refractivity contribution is -0.159. The van der Waals surface area contributed by atoms with Gasteiger partial charge >= 0.3 is 5.97 Å². The van der Waals surface area contributed by atoms with Crippen molar-refractivity contribution in [3.05, 3.63) is 29.3 Å². The van der Waals surface area contributed by atoms with Crippen molar-refractivity contribution >= 4 is 5.97 Å². The zero-order valence-corrected chi connectivity index (χ0v) is 12.5. The second kappa shape index (κ2) is 7.26. The van der Waals surface area contributed by atoms with Crippen molar-refractivity contribution in [3.63, 3.8) is 0 Å². The van der Waals surface area contributed by atoms with Crippen LogP contribution in [-0.2, 0) is 22.7 Å². The molecule has 0 fully saturated rings. The Morgan fingerprint density at radius 3 is 2.60 bits per heavy atom. The molecular formula is C15H23NO4. The van der Waals surface area contributed by atoms with Gasteiger partial charge in [0.05, 0.1) is 12.0 Å². The van der Waals surface area contributed by atoms with Gasteiger partial charge in [-0.15, -0.1) is 0 Å². The number of esters is 1. The molecule has 0 atom stereocenters. The van der Waals surface area contributed by atoms with E-state index in [0.29, 0.717) is 12.3 Å². The van der Waals surface area contributed by atoms with Crippen molar-refractivity contribution in [1.29, 1.82) is 0 Å². The van der Waals surface area contributed by atoms with Crippen LogP contribution in [0.4, 0.5) is 0 Å². The number of carbonyl (C=O) groups is 1. The minimum absolute atomic E-state index is 0.0595. The zero-order valence-electron chi connectivity index (χ0n) is 12.5. The molecule has 20 heavy (non-hydrogen) atoms. The first kappa shape index (κ1) is 16.5. The lowest BCUT2D eigenvalue weighted by atomic mass is 9.98. The first-order valence-corrected chi connectivity index (χ1v) is 6.56. The van der Waals surface area contributed by atoms with E-state index in [2.05, 4.69) is 5.32 Å². The summed E-state index contributed by atoms with van der Waals surface area (Å²) in [6.07, 6.45) is 0. The van der Waals surface area contributed by atoms with Gasteiger partial charge in [-0.3, -0.25) is 4.79 Å². The van der Waals surface area contributed by atoms with Crippen molar-refractivity contribution in [3.8, 4) is 5.75 Å². The molecule has 112 valence electrons. The van der Waals surface area contributed by atoms with Crippen LogP contribution in [0, 0.1) is 5.41 Å². The quantitative estimate of drug-likeness (QED) is 0.615. The van der Waals surface area contributed by atoms with Crippen LogP contribution < -0.4 is 10.1 Å². The van der Waals surface area contributed by atoms with Crippen LogP contribution in [0.25, 0.3) is 0 Å². The highest BCUT2D eigenvalue weighted by Gasteiger charge is 2.23. The molecule has 5 nitrogen and oxygen atoms in total. The molecule has 0 heterocycles. The van der Waals surface area contributed by atoms with Crippen molar-refractivity contribution in [2.75, 3.05) is 13.8 Å². The molecule has 0 amide bonds. The van der Waals surface area contributed by atoms with Crippen LogP contribution in [0.3, 0.4) is 0 Å². The van der Waals surface area contributed by atoms with Crippen LogP contribution in [-0.4, -0.2) is 24.9 Å². The van der Waals surface area contributed by atoms with Gasteiger partial charge in [-0.2, -0.15) is 0 Å². The van der Waals surface area contributed by atoms with Crippen molar-refractivity contribution in [2.45, 2.75) is 33.9 Å². The monoisotopic (exact) mass is 281 g/mol. The van der Waals surface area contributed by atoms with Crippen molar-refractivity contribution < 1.29 is 19.4 Å². The summed E-state index contributed by atoms with van der Waals surface area (Å²) in [7, 11) is 1.82. The molecule has 0 saturated heterocycles. The molecular weight excluding hydrogens is 258 g/mol. The summed E-state index contributed by atoms with van der Waals surface area (Å²) in [5.74, 6) is 0.290. The lowest BCUT2D eigenvalue weighted by Gasteiger charge is -2.18. The van der Waals surface area contributed by atoms with E-state index < -0.39 is 5.41 Å². The number of aliphatic hydroxyl groups is 1. The summed E-state index contributed by atoms with van der Waals surface area (Å²) in [6.45, 7) is 5.73. The number of rotatable bonds is 6. The molecule has 0 aliphatic rings. The largest absolute Gasteiger partial charge is 0.457 e. The molecule has 2 N–H and O–H groups in total. The van der Waals surface area contributed by atoms with Crippen LogP contribution >= 0.6 is 0 Å². The molecule has 0 unspecified atom stereocenters. The first-order chi connectivity index (χ1) is 9.40. The molecule has 0 aliphatic carbocycles. The Morgan fingerprint density at radius 1 is 1.35 bits per heavy atom. The molecule has 0 bridgehead atoms. The summed E-state index contributed by atoms with van der Waals surface area (Å²) in [5, 5.41) is 12.3. The Kier molecular flexibility index (Phi) is 5.98. The topological polar surface area (TPSA) is 67.8 Å². The minimum Gasteiger partial charge on any atom is -0.457 e. The SMILES string of the molecule is CNCc1c(CO)cccc1OCOC(=O)C(C)(C)C. The molecule has 0 spiro atoms. The third-order valence-corrected chi connectivity index (χ3v) is 2.77. The van der Waals surface area contributed by atoms with Gasteiger partial charge in [-0.25, -0.2) is 0 Å². The van der Waals surface area contributed by atoms with E-state index in [9.17, 15) is 9.90 Å². The van der Waals surface area contributed by atoms with Crippen LogP contribution in [0.1, 0.15) is 31.9 Å². The maximum atomic E-state index is 11.6. The maximum Gasteiger partial charge on any atom is 0.314 e. The predicted molar refractivity (Wildman–Crippen MR) is 76.2 cm³/mol. The summed E-state index contributed by atoms with van der Waals surface area (Å²) < 4.78 is 10.6. The summed E-state index contributed by atoms with van der Waals surface area (Å²) >= 11 is 0. The van der Waals surface area contributed by atoms with Crippen molar-refractivity contribution in [1.82, 2.24) is 5.32 Å². The highest BCUT2D eigenvalue weighted by molar-refractivity contribution is 5.75. The van der Waals surface area contributed by atoms with Crippen LogP contribution in [0.5, 0.6) is 5.75 Å². The number of hydrogen-bond acceptors (Lipinski definition) is 5. The van der Waals surface area contributed by atoms with Crippen molar-refractivity contribution in [2.24, 2.45) is 5.41 Å². The van der Waals surface area contributed by atoms with E-state index in [1.165, 1.54) is 0 Å². The Bertz CT molecular complexity index is 452. The molecule has 0 radical (unpaired) electrons. The summed E-state index contributed by atoms with van der Waals surface area (Å²) in [6, 6.07) is 5.42. The number of nitrogens with one attached hydrogen (secondary N) is 1. The standard InChI is InChI=1S/C15H23NO4/c1-15(2,3)14(18)20-10-19-13-7-5-6-11(9-17)12(13)8-16-4/h5-7,16-17H,8-10H2,1-4H3. The van der Waals surface area contributed by atoms with Gasteiger partial charge in [0.25, 0.3) is 0 Å². The van der Waals surface area contributed by atoms with E-state index in [-0.39, 0.29) is 19.4 Å². The van der Waals surface area contributed by atoms with Gasteiger partial charge in [0, 0.05) is 12.1 Å². The number of benzene rings is 1. The third kappa shape index (κ3) is 4.51. The maximum absolute atomic E-state index is 11.6. The zero-order chi connectivity index (χ0) is 15.2. The van der Waals surface area contributed by atoms with E-state index in [0.717, 1.165) is 11.1 Å². The smallest absolute Gasteiger partial charge is 0.314 e. The van der Waals surface area contributed by atoms with Gasteiger partial charge in [0.1, 0.15) is 5.75 Å². The Morgan fingerprint density at radius 2 is 2.05 bits per heavy atom. The highest BCUT2D eigenvalue weighted by Crippen LogP contribution is 2.23. The summed E-state index contributed by atoms with van der Waals surface area (Å²) in [5.41, 5.74) is 1.10. The molecule has 0 saturated carbocycles. The van der Waals surface area contributed by atoms with Gasteiger partial charge in [0.15, 0.2) is 0 Å². The molecule has 1 aromatic rings. The van der Waals surface area contributed by atoms with Gasteiger partial charge in [-0.05, 0) is 39.4 Å². The predicted octanol–water partition coefficient (Wildman–Crippen LogP) is 1.82. The molecule has 1 rings (SSSR count). The van der Waals surface area contributed by atoms with Crippen LogP contribution in [0.2, 0.25) is 0 Å². The van der Waals surface area contributed by atoms with E-state index in [4.69, 9.17) is 9.47 Å². The number of ether oxygens (including phenoxy) is 2. The first-order valence-electron chi connectivity index (χ1n) is 6.56. The Balaban J connectivity index is 2.70. The Labute approximate surface area is 119 Å². The number of aliphatic hydroxyl groups excluding tert-OH is 1. The fraction of sp³-hybridized carbons (Fsp3) is 0.533. The summed E-state index contributed by atoms with van der Waals surface area (Å²) in [4.78, 5) is 11.6. The fourth-order valence-corrected chi connectivity index (χ4v) is 1.63. The highest BCUT2D eigenvalue weighted by atomic mass is 16.7. The number of carbonyl (C=O) groups excluding carboxylic acids is 1. The van der Waals surface area contributed by atoms with Gasteiger partial charge < -0.3 is 19.9 Å². The molecule has 5 heteroatoms. The normalized spacial score (nSPS) is 11.2. The Hall–Kier alpha value is -1.59. The molecule has 0 aromatic heterocycles. The lowest BCUT2D eigenvalue weighted by Crippen LogP contribution is -2.25. The second-order valence-corrected chi connectivity index (χ2v) is 5.53. The van der Waals surface area contributed by atoms with Gasteiger partial charge in [0.2, 0.25) is 6.79 Å². The second-order valence-electron chi connectivity index (χ2n) is 5.53. The average Bonchev–Trinajstić information content (AvgIpc) is 2.39. The molecule has 1 aromatic carbocycles. The molecule has 0 aliphatic heterocycles. The number of hydrogen-bond donors (Lipinski definition) is 2. The van der Waals surface area contributed by atoms with Crippen LogP contribution in [0.15, 0.2) is 18.2 Å². The third-order valence-electron chi connectivity index (χ3n) is 2.77. The van der Waals surface area contributed by atoms with E-state index in [1.54, 1.807) is 32.9 Å². The van der Waals surface area contributed by atoms with E-state index >= 15 is 0 Å². The average molecular weight is 281 g/mol. The fourth-order valence-electron chi connectivity index (χ4n) is 1.63.